The molecule has 0 unspecified atom stereocenters. The van der Waals surface area contributed by atoms with Crippen molar-refractivity contribution in [1.29, 1.82) is 0 Å². The highest BCUT2D eigenvalue weighted by atomic mass is 79.9. The summed E-state index contributed by atoms with van der Waals surface area (Å²) in [6.45, 7) is 3.78. The number of rotatable bonds is 4. The third-order valence-corrected chi connectivity index (χ3v) is 3.13. The van der Waals surface area contributed by atoms with Crippen molar-refractivity contribution in [3.8, 4) is 0 Å². The molecule has 0 bridgehead atoms. The molecule has 0 radical (unpaired) electrons. The molecule has 1 aromatic carbocycles. The lowest BCUT2D eigenvalue weighted by Crippen LogP contribution is -2.07. The molecular formula is C12H14BrN3. The molecule has 2 rings (SSSR count). The summed E-state index contributed by atoms with van der Waals surface area (Å²) < 4.78 is 3.07. The Kier molecular flexibility index (Phi) is 3.62. The van der Waals surface area contributed by atoms with Gasteiger partial charge in [0.25, 0.3) is 0 Å². The number of hydrogen-bond donors (Lipinski definition) is 1. The maximum Gasteiger partial charge on any atom is 0.0575 e. The zero-order chi connectivity index (χ0) is 11.4. The number of nitrogens with zero attached hydrogens (tertiary/aromatic N) is 2. The Morgan fingerprint density at radius 1 is 1.31 bits per heavy atom. The normalized spacial score (nSPS) is 10.4. The number of halogens is 1. The largest absolute Gasteiger partial charge is 0.378 e. The lowest BCUT2D eigenvalue weighted by molar-refractivity contribution is 0.627. The molecule has 4 heteroatoms. The van der Waals surface area contributed by atoms with Gasteiger partial charge < -0.3 is 5.32 Å². The molecule has 0 aliphatic carbocycles. The van der Waals surface area contributed by atoms with E-state index in [2.05, 4.69) is 39.3 Å². The van der Waals surface area contributed by atoms with Gasteiger partial charge in [-0.15, -0.1) is 0 Å². The molecule has 3 nitrogen and oxygen atoms in total. The molecule has 0 spiro atoms. The van der Waals surface area contributed by atoms with Crippen LogP contribution >= 0.6 is 15.9 Å². The van der Waals surface area contributed by atoms with Crippen LogP contribution in [0.2, 0.25) is 0 Å². The van der Waals surface area contributed by atoms with Gasteiger partial charge in [0.05, 0.1) is 12.2 Å². The van der Waals surface area contributed by atoms with Crippen LogP contribution in [-0.2, 0) is 13.1 Å². The number of aromatic nitrogens is 2. The minimum atomic E-state index is 0.788. The van der Waals surface area contributed by atoms with Gasteiger partial charge in [0.15, 0.2) is 0 Å². The second kappa shape index (κ2) is 5.16. The molecule has 1 N–H and O–H groups in total. The van der Waals surface area contributed by atoms with Crippen molar-refractivity contribution in [1.82, 2.24) is 9.78 Å². The monoisotopic (exact) mass is 279 g/mol. The van der Waals surface area contributed by atoms with E-state index in [1.165, 1.54) is 5.69 Å². The molecule has 1 heterocycles. The summed E-state index contributed by atoms with van der Waals surface area (Å²) >= 11 is 3.51. The summed E-state index contributed by atoms with van der Waals surface area (Å²) in [6, 6.07) is 10.1. The lowest BCUT2D eigenvalue weighted by atomic mass is 10.3. The molecule has 0 aliphatic rings. The Morgan fingerprint density at radius 3 is 2.88 bits per heavy atom. The summed E-state index contributed by atoms with van der Waals surface area (Å²) in [5, 5.41) is 7.62. The number of hydrogen-bond acceptors (Lipinski definition) is 2. The number of aryl methyl sites for hydroxylation is 1. The van der Waals surface area contributed by atoms with Crippen LogP contribution in [0.5, 0.6) is 0 Å². The minimum absolute atomic E-state index is 0.788. The Balaban J connectivity index is 2.05. The van der Waals surface area contributed by atoms with Gasteiger partial charge in [0, 0.05) is 22.9 Å². The van der Waals surface area contributed by atoms with Crippen LogP contribution in [0.3, 0.4) is 0 Å². The molecule has 0 saturated carbocycles. The Bertz CT molecular complexity index is 465. The fourth-order valence-corrected chi connectivity index (χ4v) is 2.01. The topological polar surface area (TPSA) is 29.9 Å². The van der Waals surface area contributed by atoms with Crippen LogP contribution in [0.1, 0.15) is 12.6 Å². The molecule has 0 amide bonds. The molecule has 0 atom stereocenters. The third kappa shape index (κ3) is 2.44. The van der Waals surface area contributed by atoms with Crippen molar-refractivity contribution >= 4 is 21.6 Å². The summed E-state index contributed by atoms with van der Waals surface area (Å²) in [5.41, 5.74) is 2.30. The lowest BCUT2D eigenvalue weighted by Gasteiger charge is -2.09. The van der Waals surface area contributed by atoms with Gasteiger partial charge in [-0.05, 0) is 41.1 Å². The highest BCUT2D eigenvalue weighted by Crippen LogP contribution is 2.21. The van der Waals surface area contributed by atoms with E-state index < -0.39 is 0 Å². The summed E-state index contributed by atoms with van der Waals surface area (Å²) in [6.07, 6.45) is 1.83. The van der Waals surface area contributed by atoms with Crippen molar-refractivity contribution in [2.24, 2.45) is 0 Å². The van der Waals surface area contributed by atoms with E-state index in [0.29, 0.717) is 0 Å². The van der Waals surface area contributed by atoms with Gasteiger partial charge in [-0.25, -0.2) is 0 Å². The number of nitrogens with one attached hydrogen (secondary N) is 1. The average molecular weight is 280 g/mol. The van der Waals surface area contributed by atoms with Crippen LogP contribution in [0.25, 0.3) is 0 Å². The average Bonchev–Trinajstić information content (AvgIpc) is 2.75. The molecular weight excluding hydrogens is 266 g/mol. The van der Waals surface area contributed by atoms with Crippen LogP contribution in [0.15, 0.2) is 41.0 Å². The van der Waals surface area contributed by atoms with Crippen LogP contribution in [0.4, 0.5) is 5.69 Å². The van der Waals surface area contributed by atoms with Crippen LogP contribution < -0.4 is 5.32 Å². The quantitative estimate of drug-likeness (QED) is 0.931. The van der Waals surface area contributed by atoms with Crippen molar-refractivity contribution < 1.29 is 0 Å². The number of para-hydroxylation sites is 1. The first-order valence-electron chi connectivity index (χ1n) is 5.30. The van der Waals surface area contributed by atoms with E-state index in [0.717, 1.165) is 23.2 Å². The Morgan fingerprint density at radius 2 is 2.12 bits per heavy atom. The molecule has 84 valence electrons. The zero-order valence-corrected chi connectivity index (χ0v) is 10.7. The molecule has 16 heavy (non-hydrogen) atoms. The van der Waals surface area contributed by atoms with E-state index in [1.54, 1.807) is 0 Å². The second-order valence-electron chi connectivity index (χ2n) is 3.47. The highest BCUT2D eigenvalue weighted by Gasteiger charge is 2.01. The summed E-state index contributed by atoms with van der Waals surface area (Å²) in [4.78, 5) is 0. The minimum Gasteiger partial charge on any atom is -0.378 e. The fourth-order valence-electron chi connectivity index (χ4n) is 1.59. The van der Waals surface area contributed by atoms with Crippen molar-refractivity contribution in [2.75, 3.05) is 5.32 Å². The molecule has 0 fully saturated rings. The fraction of sp³-hybridized carbons (Fsp3) is 0.250. The molecule has 1 aromatic heterocycles. The molecule has 0 saturated heterocycles. The van der Waals surface area contributed by atoms with E-state index in [9.17, 15) is 0 Å². The zero-order valence-electron chi connectivity index (χ0n) is 9.15. The van der Waals surface area contributed by atoms with E-state index in [4.69, 9.17) is 0 Å². The van der Waals surface area contributed by atoms with Gasteiger partial charge >= 0.3 is 0 Å². The first-order chi connectivity index (χ1) is 7.81. The Hall–Kier alpha value is -1.29. The summed E-state index contributed by atoms with van der Waals surface area (Å²) in [7, 11) is 0. The van der Waals surface area contributed by atoms with Gasteiger partial charge in [-0.2, -0.15) is 5.10 Å². The standard InChI is InChI=1S/C12H14BrN3/c1-2-16-10(7-8-15-16)9-14-12-6-4-3-5-11(12)13/h3-8,14H,2,9H2,1H3. The number of anilines is 1. The number of benzene rings is 1. The van der Waals surface area contributed by atoms with Crippen molar-refractivity contribution in [3.63, 3.8) is 0 Å². The Labute approximate surface area is 104 Å². The van der Waals surface area contributed by atoms with Crippen molar-refractivity contribution in [2.45, 2.75) is 20.0 Å². The third-order valence-electron chi connectivity index (χ3n) is 2.44. The predicted octanol–water partition coefficient (Wildman–Crippen LogP) is 3.28. The molecule has 0 aliphatic heterocycles. The highest BCUT2D eigenvalue weighted by molar-refractivity contribution is 9.10. The van der Waals surface area contributed by atoms with Gasteiger partial charge in [0.2, 0.25) is 0 Å². The molecule has 2 aromatic rings. The second-order valence-corrected chi connectivity index (χ2v) is 4.33. The SMILES string of the molecule is CCn1nccc1CNc1ccccc1Br. The summed E-state index contributed by atoms with van der Waals surface area (Å²) in [5.74, 6) is 0. The maximum atomic E-state index is 4.23. The van der Waals surface area contributed by atoms with E-state index in [1.807, 2.05) is 35.1 Å². The van der Waals surface area contributed by atoms with Gasteiger partial charge in [-0.1, -0.05) is 12.1 Å². The van der Waals surface area contributed by atoms with E-state index >= 15 is 0 Å². The van der Waals surface area contributed by atoms with Crippen molar-refractivity contribution in [3.05, 3.63) is 46.7 Å². The van der Waals surface area contributed by atoms with E-state index in [-0.39, 0.29) is 0 Å². The van der Waals surface area contributed by atoms with Gasteiger partial charge in [0.1, 0.15) is 0 Å². The smallest absolute Gasteiger partial charge is 0.0575 e. The van der Waals surface area contributed by atoms with Crippen LogP contribution in [0, 0.1) is 0 Å². The first kappa shape index (κ1) is 11.2. The maximum absolute atomic E-state index is 4.23. The van der Waals surface area contributed by atoms with Gasteiger partial charge in [-0.3, -0.25) is 4.68 Å². The predicted molar refractivity (Wildman–Crippen MR) is 69.4 cm³/mol. The first-order valence-corrected chi connectivity index (χ1v) is 6.09. The van der Waals surface area contributed by atoms with Crippen LogP contribution in [-0.4, -0.2) is 9.78 Å².